The van der Waals surface area contributed by atoms with Gasteiger partial charge in [0, 0.05) is 37.1 Å². The van der Waals surface area contributed by atoms with Gasteiger partial charge in [-0.15, -0.1) is 0 Å². The molecule has 0 atom stereocenters. The van der Waals surface area contributed by atoms with Crippen molar-refractivity contribution in [3.05, 3.63) is 18.5 Å². The smallest absolute Gasteiger partial charge is 0.229 e. The number of nitrogens with zero attached hydrogens (tertiary/aromatic N) is 5. The van der Waals surface area contributed by atoms with Gasteiger partial charge in [-0.1, -0.05) is 0 Å². The molecule has 0 aromatic carbocycles. The van der Waals surface area contributed by atoms with Gasteiger partial charge in [0.1, 0.15) is 0 Å². The first-order valence-electron chi connectivity index (χ1n) is 6.60. The molecule has 110 valence electrons. The van der Waals surface area contributed by atoms with Gasteiger partial charge in [-0.2, -0.15) is 4.98 Å². The van der Waals surface area contributed by atoms with Crippen LogP contribution in [0.25, 0.3) is 11.3 Å². The van der Waals surface area contributed by atoms with Gasteiger partial charge < -0.3 is 20.1 Å². The van der Waals surface area contributed by atoms with Crippen molar-refractivity contribution in [2.45, 2.75) is 0 Å². The second kappa shape index (κ2) is 5.88. The van der Waals surface area contributed by atoms with E-state index in [2.05, 4.69) is 24.8 Å². The summed E-state index contributed by atoms with van der Waals surface area (Å²) in [6.07, 6.45) is 3.26. The number of hydrogen-bond acceptors (Lipinski definition) is 8. The lowest BCUT2D eigenvalue weighted by Gasteiger charge is -2.27. The lowest BCUT2D eigenvalue weighted by Crippen LogP contribution is -2.37. The summed E-state index contributed by atoms with van der Waals surface area (Å²) in [5.41, 5.74) is 6.97. The highest BCUT2D eigenvalue weighted by Crippen LogP contribution is 2.23. The zero-order chi connectivity index (χ0) is 14.7. The highest BCUT2D eigenvalue weighted by atomic mass is 16.5. The van der Waals surface area contributed by atoms with Gasteiger partial charge in [0.15, 0.2) is 0 Å². The van der Waals surface area contributed by atoms with Crippen LogP contribution < -0.4 is 15.4 Å². The van der Waals surface area contributed by atoms with Crippen LogP contribution in [0.4, 0.5) is 11.9 Å². The SMILES string of the molecule is COc1cc(-c2cnc(N)nc2)nc(N2CCOCC2)n1. The first kappa shape index (κ1) is 13.5. The minimum Gasteiger partial charge on any atom is -0.481 e. The lowest BCUT2D eigenvalue weighted by atomic mass is 10.2. The molecule has 0 bridgehead atoms. The van der Waals surface area contributed by atoms with Crippen molar-refractivity contribution < 1.29 is 9.47 Å². The van der Waals surface area contributed by atoms with Crippen molar-refractivity contribution in [1.29, 1.82) is 0 Å². The van der Waals surface area contributed by atoms with E-state index in [4.69, 9.17) is 15.2 Å². The molecule has 21 heavy (non-hydrogen) atoms. The Labute approximate surface area is 122 Å². The van der Waals surface area contributed by atoms with Crippen LogP contribution in [0, 0.1) is 0 Å². The number of methoxy groups -OCH3 is 1. The van der Waals surface area contributed by atoms with Crippen molar-refractivity contribution >= 4 is 11.9 Å². The molecule has 3 rings (SSSR count). The van der Waals surface area contributed by atoms with Crippen molar-refractivity contribution in [1.82, 2.24) is 19.9 Å². The van der Waals surface area contributed by atoms with Crippen molar-refractivity contribution in [3.8, 4) is 17.1 Å². The average Bonchev–Trinajstić information content (AvgIpc) is 2.56. The van der Waals surface area contributed by atoms with Gasteiger partial charge in [0.2, 0.25) is 17.8 Å². The summed E-state index contributed by atoms with van der Waals surface area (Å²) in [6, 6.07) is 1.75. The summed E-state index contributed by atoms with van der Waals surface area (Å²) in [5.74, 6) is 1.34. The molecule has 1 aliphatic heterocycles. The first-order valence-corrected chi connectivity index (χ1v) is 6.60. The second-order valence-electron chi connectivity index (χ2n) is 4.52. The number of morpholine rings is 1. The van der Waals surface area contributed by atoms with Crippen LogP contribution in [0.3, 0.4) is 0 Å². The molecule has 0 unspecified atom stereocenters. The fourth-order valence-electron chi connectivity index (χ4n) is 2.04. The maximum Gasteiger partial charge on any atom is 0.229 e. The third-order valence-corrected chi connectivity index (χ3v) is 3.16. The Morgan fingerprint density at radius 1 is 1.19 bits per heavy atom. The van der Waals surface area contributed by atoms with E-state index in [1.807, 2.05) is 0 Å². The molecule has 8 heteroatoms. The number of rotatable bonds is 3. The number of hydrogen-bond donors (Lipinski definition) is 1. The Balaban J connectivity index is 1.98. The molecule has 0 amide bonds. The summed E-state index contributed by atoms with van der Waals surface area (Å²) in [6.45, 7) is 2.84. The zero-order valence-corrected chi connectivity index (χ0v) is 11.7. The standard InChI is InChI=1S/C13H16N6O2/c1-20-11-6-10(9-7-15-12(14)16-8-9)17-13(18-11)19-2-4-21-5-3-19/h6-8H,2-5H2,1H3,(H2,14,15,16). The van der Waals surface area contributed by atoms with Gasteiger partial charge in [0.25, 0.3) is 0 Å². The molecule has 1 aliphatic rings. The van der Waals surface area contributed by atoms with E-state index < -0.39 is 0 Å². The number of nitrogens with two attached hydrogens (primary N) is 1. The monoisotopic (exact) mass is 288 g/mol. The van der Waals surface area contributed by atoms with Crippen LogP contribution in [0.2, 0.25) is 0 Å². The molecule has 2 aromatic heterocycles. The molecule has 0 radical (unpaired) electrons. The highest BCUT2D eigenvalue weighted by molar-refractivity contribution is 5.60. The van der Waals surface area contributed by atoms with Crippen molar-refractivity contribution in [2.24, 2.45) is 0 Å². The number of aromatic nitrogens is 4. The average molecular weight is 288 g/mol. The van der Waals surface area contributed by atoms with Crippen LogP contribution in [-0.4, -0.2) is 53.3 Å². The van der Waals surface area contributed by atoms with Gasteiger partial charge in [-0.05, 0) is 0 Å². The highest BCUT2D eigenvalue weighted by Gasteiger charge is 2.16. The summed E-state index contributed by atoms with van der Waals surface area (Å²) in [4.78, 5) is 19.0. The summed E-state index contributed by atoms with van der Waals surface area (Å²) in [5, 5.41) is 0. The molecule has 0 aliphatic carbocycles. The normalized spacial score (nSPS) is 15.0. The van der Waals surface area contributed by atoms with Gasteiger partial charge >= 0.3 is 0 Å². The number of ether oxygens (including phenoxy) is 2. The molecule has 3 heterocycles. The van der Waals surface area contributed by atoms with Crippen molar-refractivity contribution in [2.75, 3.05) is 44.0 Å². The van der Waals surface area contributed by atoms with E-state index in [1.54, 1.807) is 25.6 Å². The predicted molar refractivity (Wildman–Crippen MR) is 77.1 cm³/mol. The molecular formula is C13H16N6O2. The first-order chi connectivity index (χ1) is 10.3. The summed E-state index contributed by atoms with van der Waals surface area (Å²) >= 11 is 0. The molecule has 1 fully saturated rings. The van der Waals surface area contributed by atoms with Crippen LogP contribution in [0.1, 0.15) is 0 Å². The second-order valence-corrected chi connectivity index (χ2v) is 4.52. The fourth-order valence-corrected chi connectivity index (χ4v) is 2.04. The Bertz CT molecular complexity index is 613. The lowest BCUT2D eigenvalue weighted by molar-refractivity contribution is 0.122. The van der Waals surface area contributed by atoms with Crippen LogP contribution in [0.5, 0.6) is 5.88 Å². The zero-order valence-electron chi connectivity index (χ0n) is 11.7. The van der Waals surface area contributed by atoms with E-state index in [1.165, 1.54) is 0 Å². The Morgan fingerprint density at radius 3 is 2.57 bits per heavy atom. The third kappa shape index (κ3) is 3.00. The van der Waals surface area contributed by atoms with E-state index in [0.29, 0.717) is 30.7 Å². The maximum atomic E-state index is 5.51. The summed E-state index contributed by atoms with van der Waals surface area (Å²) in [7, 11) is 1.58. The Kier molecular flexibility index (Phi) is 3.78. The van der Waals surface area contributed by atoms with Crippen LogP contribution in [-0.2, 0) is 4.74 Å². The molecule has 0 spiro atoms. The minimum atomic E-state index is 0.230. The molecule has 2 N–H and O–H groups in total. The fraction of sp³-hybridized carbons (Fsp3) is 0.385. The predicted octanol–water partition coefficient (Wildman–Crippen LogP) is 0.361. The van der Waals surface area contributed by atoms with E-state index >= 15 is 0 Å². The molecule has 2 aromatic rings. The van der Waals surface area contributed by atoms with Gasteiger partial charge in [-0.25, -0.2) is 15.0 Å². The maximum absolute atomic E-state index is 5.51. The minimum absolute atomic E-state index is 0.230. The third-order valence-electron chi connectivity index (χ3n) is 3.16. The van der Waals surface area contributed by atoms with Crippen LogP contribution >= 0.6 is 0 Å². The van der Waals surface area contributed by atoms with Gasteiger partial charge in [0.05, 0.1) is 26.0 Å². The van der Waals surface area contributed by atoms with E-state index in [-0.39, 0.29) is 5.95 Å². The molecule has 0 saturated carbocycles. The number of nitrogen functional groups attached to an aromatic ring is 1. The molecule has 1 saturated heterocycles. The topological polar surface area (TPSA) is 99.3 Å². The van der Waals surface area contributed by atoms with Crippen molar-refractivity contribution in [3.63, 3.8) is 0 Å². The Hall–Kier alpha value is -2.48. The van der Waals surface area contributed by atoms with E-state index in [0.717, 1.165) is 18.7 Å². The summed E-state index contributed by atoms with van der Waals surface area (Å²) < 4.78 is 10.6. The van der Waals surface area contributed by atoms with E-state index in [9.17, 15) is 0 Å². The van der Waals surface area contributed by atoms with Gasteiger partial charge in [-0.3, -0.25) is 0 Å². The quantitative estimate of drug-likeness (QED) is 0.864. The molecular weight excluding hydrogens is 272 g/mol. The largest absolute Gasteiger partial charge is 0.481 e. The Morgan fingerprint density at radius 2 is 1.90 bits per heavy atom. The number of anilines is 2. The van der Waals surface area contributed by atoms with Crippen LogP contribution in [0.15, 0.2) is 18.5 Å². The molecule has 8 nitrogen and oxygen atoms in total.